The van der Waals surface area contributed by atoms with Gasteiger partial charge in [-0.1, -0.05) is 25.0 Å². The van der Waals surface area contributed by atoms with E-state index in [1.807, 2.05) is 0 Å². The minimum absolute atomic E-state index is 0.0100. The molecule has 0 radical (unpaired) electrons. The first kappa shape index (κ1) is 16.3. The van der Waals surface area contributed by atoms with Crippen LogP contribution in [0.2, 0.25) is 0 Å². The Kier molecular flexibility index (Phi) is 6.51. The molecule has 0 aliphatic heterocycles. The SMILES string of the molecule is O=C(CCSc1ccccc1F)NC1CCCCC1CO. The summed E-state index contributed by atoms with van der Waals surface area (Å²) in [6.45, 7) is 0.134. The minimum Gasteiger partial charge on any atom is -0.396 e. The molecule has 2 unspecified atom stereocenters. The number of benzene rings is 1. The molecule has 1 saturated carbocycles. The summed E-state index contributed by atoms with van der Waals surface area (Å²) in [5.74, 6) is 0.491. The molecule has 0 saturated heterocycles. The maximum absolute atomic E-state index is 13.4. The van der Waals surface area contributed by atoms with Crippen LogP contribution in [0.25, 0.3) is 0 Å². The Bertz CT molecular complexity index is 469. The van der Waals surface area contributed by atoms with Crippen molar-refractivity contribution >= 4 is 17.7 Å². The van der Waals surface area contributed by atoms with Crippen molar-refractivity contribution in [3.63, 3.8) is 0 Å². The second-order valence-electron chi connectivity index (χ2n) is 5.43. The van der Waals surface area contributed by atoms with Crippen molar-refractivity contribution in [3.05, 3.63) is 30.1 Å². The Morgan fingerprint density at radius 2 is 2.10 bits per heavy atom. The molecule has 1 aliphatic rings. The molecular weight excluding hydrogens is 289 g/mol. The van der Waals surface area contributed by atoms with Crippen LogP contribution in [0, 0.1) is 11.7 Å². The number of thioether (sulfide) groups is 1. The number of rotatable bonds is 6. The second-order valence-corrected chi connectivity index (χ2v) is 6.57. The van der Waals surface area contributed by atoms with Crippen LogP contribution in [0.3, 0.4) is 0 Å². The van der Waals surface area contributed by atoms with Gasteiger partial charge in [0.15, 0.2) is 0 Å². The van der Waals surface area contributed by atoms with Crippen molar-refractivity contribution in [2.45, 2.75) is 43.0 Å². The summed E-state index contributed by atoms with van der Waals surface area (Å²) in [6, 6.07) is 6.69. The van der Waals surface area contributed by atoms with E-state index in [0.717, 1.165) is 25.7 Å². The smallest absolute Gasteiger partial charge is 0.221 e. The van der Waals surface area contributed by atoms with Gasteiger partial charge in [0, 0.05) is 35.6 Å². The molecule has 2 N–H and O–H groups in total. The predicted molar refractivity (Wildman–Crippen MR) is 82.7 cm³/mol. The van der Waals surface area contributed by atoms with E-state index in [4.69, 9.17) is 0 Å². The zero-order valence-corrected chi connectivity index (χ0v) is 12.9. The molecule has 2 rings (SSSR count). The van der Waals surface area contributed by atoms with E-state index in [2.05, 4.69) is 5.32 Å². The number of carbonyl (C=O) groups excluding carboxylic acids is 1. The number of carbonyl (C=O) groups is 1. The summed E-state index contributed by atoms with van der Waals surface area (Å²) in [5, 5.41) is 12.3. The first-order valence-electron chi connectivity index (χ1n) is 7.48. The van der Waals surface area contributed by atoms with E-state index in [9.17, 15) is 14.3 Å². The lowest BCUT2D eigenvalue weighted by Gasteiger charge is -2.30. The molecular formula is C16H22FNO2S. The summed E-state index contributed by atoms with van der Waals surface area (Å²) in [4.78, 5) is 12.5. The Morgan fingerprint density at radius 1 is 1.33 bits per heavy atom. The van der Waals surface area contributed by atoms with Gasteiger partial charge in [-0.25, -0.2) is 4.39 Å². The Morgan fingerprint density at radius 3 is 2.86 bits per heavy atom. The molecule has 1 aromatic carbocycles. The van der Waals surface area contributed by atoms with Gasteiger partial charge in [0.2, 0.25) is 5.91 Å². The molecule has 0 spiro atoms. The van der Waals surface area contributed by atoms with Crippen LogP contribution < -0.4 is 5.32 Å². The van der Waals surface area contributed by atoms with Crippen molar-refractivity contribution < 1.29 is 14.3 Å². The van der Waals surface area contributed by atoms with Gasteiger partial charge in [-0.3, -0.25) is 4.79 Å². The maximum Gasteiger partial charge on any atom is 0.221 e. The highest BCUT2D eigenvalue weighted by Gasteiger charge is 2.25. The average molecular weight is 311 g/mol. The van der Waals surface area contributed by atoms with E-state index >= 15 is 0 Å². The van der Waals surface area contributed by atoms with Gasteiger partial charge in [0.25, 0.3) is 0 Å². The first-order chi connectivity index (χ1) is 10.2. The maximum atomic E-state index is 13.4. The van der Waals surface area contributed by atoms with E-state index < -0.39 is 0 Å². The summed E-state index contributed by atoms with van der Waals surface area (Å²) in [5.41, 5.74) is 0. The Labute approximate surface area is 129 Å². The number of amides is 1. The van der Waals surface area contributed by atoms with Crippen LogP contribution in [0.15, 0.2) is 29.2 Å². The number of nitrogens with one attached hydrogen (secondary N) is 1. The van der Waals surface area contributed by atoms with Crippen molar-refractivity contribution in [2.24, 2.45) is 5.92 Å². The third kappa shape index (κ3) is 5.00. The van der Waals surface area contributed by atoms with E-state index in [1.165, 1.54) is 17.8 Å². The molecule has 0 aromatic heterocycles. The normalized spacial score (nSPS) is 22.0. The molecule has 5 heteroatoms. The molecule has 1 aliphatic carbocycles. The molecule has 21 heavy (non-hydrogen) atoms. The topological polar surface area (TPSA) is 49.3 Å². The summed E-state index contributed by atoms with van der Waals surface area (Å²) >= 11 is 1.36. The summed E-state index contributed by atoms with van der Waals surface area (Å²) in [7, 11) is 0. The molecule has 0 heterocycles. The molecule has 3 nitrogen and oxygen atoms in total. The largest absolute Gasteiger partial charge is 0.396 e. The van der Waals surface area contributed by atoms with Crippen molar-refractivity contribution in [2.75, 3.05) is 12.4 Å². The van der Waals surface area contributed by atoms with Crippen molar-refractivity contribution in [1.82, 2.24) is 5.32 Å². The predicted octanol–water partition coefficient (Wildman–Crippen LogP) is 2.98. The summed E-state index contributed by atoms with van der Waals surface area (Å²) < 4.78 is 13.4. The molecule has 0 bridgehead atoms. The lowest BCUT2D eigenvalue weighted by Crippen LogP contribution is -2.43. The van der Waals surface area contributed by atoms with Crippen molar-refractivity contribution in [3.8, 4) is 0 Å². The molecule has 2 atom stereocenters. The van der Waals surface area contributed by atoms with E-state index in [1.54, 1.807) is 18.2 Å². The highest BCUT2D eigenvalue weighted by atomic mass is 32.2. The fraction of sp³-hybridized carbons (Fsp3) is 0.562. The van der Waals surface area contributed by atoms with Crippen LogP contribution in [0.4, 0.5) is 4.39 Å². The zero-order valence-electron chi connectivity index (χ0n) is 12.1. The molecule has 1 fully saturated rings. The minimum atomic E-state index is -0.240. The third-order valence-corrected chi connectivity index (χ3v) is 4.96. The number of hydrogen-bond acceptors (Lipinski definition) is 3. The lowest BCUT2D eigenvalue weighted by molar-refractivity contribution is -0.122. The number of aliphatic hydroxyl groups is 1. The van der Waals surface area contributed by atoms with Gasteiger partial charge >= 0.3 is 0 Å². The van der Waals surface area contributed by atoms with E-state index in [-0.39, 0.29) is 30.3 Å². The third-order valence-electron chi connectivity index (χ3n) is 3.91. The lowest BCUT2D eigenvalue weighted by atomic mass is 9.85. The summed E-state index contributed by atoms with van der Waals surface area (Å²) in [6.07, 6.45) is 4.52. The number of hydrogen-bond donors (Lipinski definition) is 2. The fourth-order valence-corrected chi connectivity index (χ4v) is 3.60. The van der Waals surface area contributed by atoms with Crippen LogP contribution in [0.1, 0.15) is 32.1 Å². The van der Waals surface area contributed by atoms with Gasteiger partial charge < -0.3 is 10.4 Å². The van der Waals surface area contributed by atoms with Crippen LogP contribution in [-0.2, 0) is 4.79 Å². The standard InChI is InChI=1S/C16H22FNO2S/c17-13-6-2-4-8-15(13)21-10-9-16(20)18-14-7-3-1-5-12(14)11-19/h2,4,6,8,12,14,19H,1,3,5,7,9-11H2,(H,18,20). The highest BCUT2D eigenvalue weighted by molar-refractivity contribution is 7.99. The highest BCUT2D eigenvalue weighted by Crippen LogP contribution is 2.25. The quantitative estimate of drug-likeness (QED) is 0.794. The van der Waals surface area contributed by atoms with Gasteiger partial charge in [0.1, 0.15) is 5.82 Å². The number of aliphatic hydroxyl groups excluding tert-OH is 1. The van der Waals surface area contributed by atoms with Crippen molar-refractivity contribution in [1.29, 1.82) is 0 Å². The van der Waals surface area contributed by atoms with Crippen LogP contribution >= 0.6 is 11.8 Å². The number of halogens is 1. The zero-order chi connectivity index (χ0) is 15.1. The molecule has 1 aromatic rings. The first-order valence-corrected chi connectivity index (χ1v) is 8.47. The van der Waals surface area contributed by atoms with E-state index in [0.29, 0.717) is 17.1 Å². The Balaban J connectivity index is 1.73. The molecule has 1 amide bonds. The fourth-order valence-electron chi connectivity index (χ4n) is 2.71. The monoisotopic (exact) mass is 311 g/mol. The average Bonchev–Trinajstić information content (AvgIpc) is 2.50. The van der Waals surface area contributed by atoms with Gasteiger partial charge in [-0.15, -0.1) is 11.8 Å². The Hall–Kier alpha value is -1.07. The van der Waals surface area contributed by atoms with Gasteiger partial charge in [-0.05, 0) is 25.0 Å². The second kappa shape index (κ2) is 8.39. The van der Waals surface area contributed by atoms with Gasteiger partial charge in [-0.2, -0.15) is 0 Å². The van der Waals surface area contributed by atoms with Crippen LogP contribution in [-0.4, -0.2) is 29.4 Å². The van der Waals surface area contributed by atoms with Gasteiger partial charge in [0.05, 0.1) is 0 Å². The van der Waals surface area contributed by atoms with Crippen LogP contribution in [0.5, 0.6) is 0 Å². The molecule has 116 valence electrons.